The van der Waals surface area contributed by atoms with E-state index in [4.69, 9.17) is 25.6 Å². The van der Waals surface area contributed by atoms with Gasteiger partial charge >= 0.3 is 0 Å². The van der Waals surface area contributed by atoms with E-state index >= 15 is 0 Å². The standard InChI is InChI=1S/C19H23ClN2O4/c1-19(2,3)18-14(11-26-21-18)10-22(17(23)9-20)7-6-13-4-5-15-16(8-13)25-12-24-15/h4-5,8,11H,6-7,9-10,12H2,1-3H3. The van der Waals surface area contributed by atoms with Crippen LogP contribution in [0.1, 0.15) is 37.6 Å². The van der Waals surface area contributed by atoms with Gasteiger partial charge in [0.05, 0.1) is 12.2 Å². The van der Waals surface area contributed by atoms with Gasteiger partial charge in [0.25, 0.3) is 0 Å². The van der Waals surface area contributed by atoms with Gasteiger partial charge in [0.1, 0.15) is 12.1 Å². The lowest BCUT2D eigenvalue weighted by atomic mass is 9.89. The van der Waals surface area contributed by atoms with Crippen LogP contribution in [0.5, 0.6) is 11.5 Å². The van der Waals surface area contributed by atoms with E-state index in [-0.39, 0.29) is 24.0 Å². The minimum atomic E-state index is -0.157. The topological polar surface area (TPSA) is 64.8 Å². The Morgan fingerprint density at radius 1 is 1.27 bits per heavy atom. The average molecular weight is 379 g/mol. The molecular formula is C19H23ClN2O4. The molecule has 0 radical (unpaired) electrons. The highest BCUT2D eigenvalue weighted by atomic mass is 35.5. The number of nitrogens with zero attached hydrogens (tertiary/aromatic N) is 2. The molecule has 6 nitrogen and oxygen atoms in total. The second kappa shape index (κ2) is 7.58. The predicted molar refractivity (Wildman–Crippen MR) is 97.6 cm³/mol. The molecule has 0 aliphatic carbocycles. The fraction of sp³-hybridized carbons (Fsp3) is 0.474. The third-order valence-corrected chi connectivity index (χ3v) is 4.52. The average Bonchev–Trinajstić information content (AvgIpc) is 3.25. The maximum Gasteiger partial charge on any atom is 0.237 e. The van der Waals surface area contributed by atoms with Crippen LogP contribution < -0.4 is 9.47 Å². The number of amides is 1. The summed E-state index contributed by atoms with van der Waals surface area (Å²) in [5.74, 6) is 1.32. The van der Waals surface area contributed by atoms with Crippen LogP contribution >= 0.6 is 11.6 Å². The minimum Gasteiger partial charge on any atom is -0.454 e. The Bertz CT molecular complexity index is 782. The molecule has 1 aromatic carbocycles. The quantitative estimate of drug-likeness (QED) is 0.720. The lowest BCUT2D eigenvalue weighted by Crippen LogP contribution is -2.34. The summed E-state index contributed by atoms with van der Waals surface area (Å²) >= 11 is 5.81. The van der Waals surface area contributed by atoms with E-state index in [0.29, 0.717) is 19.5 Å². The first-order valence-electron chi connectivity index (χ1n) is 8.54. The second-order valence-electron chi connectivity index (χ2n) is 7.32. The zero-order chi connectivity index (χ0) is 18.7. The first kappa shape index (κ1) is 18.6. The predicted octanol–water partition coefficient (Wildman–Crippen LogP) is 3.51. The second-order valence-corrected chi connectivity index (χ2v) is 7.59. The highest BCUT2D eigenvalue weighted by Gasteiger charge is 2.25. The molecule has 1 aromatic heterocycles. The van der Waals surface area contributed by atoms with Crippen molar-refractivity contribution in [3.05, 3.63) is 41.3 Å². The van der Waals surface area contributed by atoms with E-state index in [1.807, 2.05) is 18.2 Å². The van der Waals surface area contributed by atoms with Gasteiger partial charge in [-0.3, -0.25) is 4.79 Å². The number of fused-ring (bicyclic) bond motifs is 1. The zero-order valence-corrected chi connectivity index (χ0v) is 16.0. The summed E-state index contributed by atoms with van der Waals surface area (Å²) in [5.41, 5.74) is 2.67. The van der Waals surface area contributed by atoms with Gasteiger partial charge in [0.2, 0.25) is 12.7 Å². The number of ether oxygens (including phenoxy) is 2. The van der Waals surface area contributed by atoms with Crippen molar-refractivity contribution in [2.75, 3.05) is 19.2 Å². The fourth-order valence-corrected chi connectivity index (χ4v) is 3.10. The van der Waals surface area contributed by atoms with Gasteiger partial charge in [-0.2, -0.15) is 0 Å². The zero-order valence-electron chi connectivity index (χ0n) is 15.3. The first-order valence-corrected chi connectivity index (χ1v) is 9.08. The SMILES string of the molecule is CC(C)(C)c1nocc1CN(CCc1ccc2c(c1)OCO2)C(=O)CCl. The number of benzene rings is 1. The number of alkyl halides is 1. The van der Waals surface area contributed by atoms with Crippen LogP contribution in [0.15, 0.2) is 29.0 Å². The van der Waals surface area contributed by atoms with Crippen molar-refractivity contribution in [2.24, 2.45) is 0 Å². The van der Waals surface area contributed by atoms with E-state index in [0.717, 1.165) is 28.3 Å². The number of carbonyl (C=O) groups excluding carboxylic acids is 1. The maximum atomic E-state index is 12.3. The van der Waals surface area contributed by atoms with Gasteiger partial charge in [-0.25, -0.2) is 0 Å². The van der Waals surface area contributed by atoms with Gasteiger partial charge < -0.3 is 18.9 Å². The summed E-state index contributed by atoms with van der Waals surface area (Å²) in [6, 6.07) is 5.83. The molecule has 0 atom stereocenters. The van der Waals surface area contributed by atoms with Gasteiger partial charge in [-0.15, -0.1) is 11.6 Å². The van der Waals surface area contributed by atoms with E-state index in [2.05, 4.69) is 25.9 Å². The Kier molecular flexibility index (Phi) is 5.41. The molecule has 1 amide bonds. The molecule has 1 aliphatic rings. The molecule has 0 saturated carbocycles. The van der Waals surface area contributed by atoms with Gasteiger partial charge in [0.15, 0.2) is 11.5 Å². The molecule has 0 N–H and O–H groups in total. The molecular weight excluding hydrogens is 356 g/mol. The number of hydrogen-bond donors (Lipinski definition) is 0. The Morgan fingerprint density at radius 3 is 2.77 bits per heavy atom. The van der Waals surface area contributed by atoms with Crippen molar-refractivity contribution in [3.63, 3.8) is 0 Å². The lowest BCUT2D eigenvalue weighted by Gasteiger charge is -2.24. The van der Waals surface area contributed by atoms with Crippen LogP contribution in [0.2, 0.25) is 0 Å². The third kappa shape index (κ3) is 4.12. The van der Waals surface area contributed by atoms with Gasteiger partial charge in [-0.05, 0) is 24.1 Å². The molecule has 3 rings (SSSR count). The highest BCUT2D eigenvalue weighted by Crippen LogP contribution is 2.32. The van der Waals surface area contributed by atoms with E-state index in [1.54, 1.807) is 11.2 Å². The van der Waals surface area contributed by atoms with Crippen molar-refractivity contribution in [2.45, 2.75) is 39.2 Å². The molecule has 0 unspecified atom stereocenters. The molecule has 0 spiro atoms. The molecule has 0 saturated heterocycles. The van der Waals surface area contributed by atoms with Crippen LogP contribution in [0.3, 0.4) is 0 Å². The van der Waals surface area contributed by atoms with Crippen LogP contribution in [0.25, 0.3) is 0 Å². The van der Waals surface area contributed by atoms with Gasteiger partial charge in [-0.1, -0.05) is 32.0 Å². The van der Waals surface area contributed by atoms with E-state index in [1.165, 1.54) is 0 Å². The van der Waals surface area contributed by atoms with Crippen LogP contribution in [0.4, 0.5) is 0 Å². The van der Waals surface area contributed by atoms with Crippen LogP contribution in [0, 0.1) is 0 Å². The first-order chi connectivity index (χ1) is 12.4. The Labute approximate surface area is 158 Å². The van der Waals surface area contributed by atoms with Crippen molar-refractivity contribution in [1.29, 1.82) is 0 Å². The van der Waals surface area contributed by atoms with Crippen molar-refractivity contribution >= 4 is 17.5 Å². The van der Waals surface area contributed by atoms with E-state index in [9.17, 15) is 4.79 Å². The molecule has 140 valence electrons. The number of aromatic nitrogens is 1. The summed E-state index contributed by atoms with van der Waals surface area (Å²) < 4.78 is 15.9. The molecule has 26 heavy (non-hydrogen) atoms. The third-order valence-electron chi connectivity index (χ3n) is 4.29. The highest BCUT2D eigenvalue weighted by molar-refractivity contribution is 6.27. The van der Waals surface area contributed by atoms with Crippen molar-refractivity contribution in [3.8, 4) is 11.5 Å². The summed E-state index contributed by atoms with van der Waals surface area (Å²) in [4.78, 5) is 14.0. The number of hydrogen-bond acceptors (Lipinski definition) is 5. The molecule has 0 bridgehead atoms. The lowest BCUT2D eigenvalue weighted by molar-refractivity contribution is -0.129. The summed E-state index contributed by atoms with van der Waals surface area (Å²) in [6.45, 7) is 7.41. The normalized spacial score (nSPS) is 13.1. The number of halogens is 1. The molecule has 2 aromatic rings. The van der Waals surface area contributed by atoms with E-state index < -0.39 is 0 Å². The Morgan fingerprint density at radius 2 is 2.04 bits per heavy atom. The van der Waals surface area contributed by atoms with Crippen molar-refractivity contribution in [1.82, 2.24) is 10.1 Å². The summed E-state index contributed by atoms with van der Waals surface area (Å²) in [5, 5.41) is 4.11. The Hall–Kier alpha value is -2.21. The van der Waals surface area contributed by atoms with Crippen molar-refractivity contribution < 1.29 is 18.8 Å². The maximum absolute atomic E-state index is 12.3. The number of carbonyl (C=O) groups is 1. The van der Waals surface area contributed by atoms with Crippen LogP contribution in [-0.4, -0.2) is 35.2 Å². The largest absolute Gasteiger partial charge is 0.454 e. The fourth-order valence-electron chi connectivity index (χ4n) is 2.93. The smallest absolute Gasteiger partial charge is 0.237 e. The molecule has 7 heteroatoms. The summed E-state index contributed by atoms with van der Waals surface area (Å²) in [7, 11) is 0. The van der Waals surface area contributed by atoms with Crippen LogP contribution in [-0.2, 0) is 23.2 Å². The molecule has 2 heterocycles. The van der Waals surface area contributed by atoms with Gasteiger partial charge in [0, 0.05) is 17.5 Å². The molecule has 0 fully saturated rings. The number of rotatable bonds is 6. The summed E-state index contributed by atoms with van der Waals surface area (Å²) in [6.07, 6.45) is 2.30. The minimum absolute atomic E-state index is 0.0583. The Balaban J connectivity index is 1.71. The molecule has 1 aliphatic heterocycles. The monoisotopic (exact) mass is 378 g/mol.